The van der Waals surface area contributed by atoms with Crippen molar-refractivity contribution in [1.29, 1.82) is 0 Å². The van der Waals surface area contributed by atoms with Crippen LogP contribution in [0.1, 0.15) is 12.5 Å². The zero-order chi connectivity index (χ0) is 13.3. The molecular weight excluding hydrogens is 248 g/mol. The lowest BCUT2D eigenvalue weighted by Gasteiger charge is -2.46. The highest BCUT2D eigenvalue weighted by Gasteiger charge is 2.31. The Bertz CT molecular complexity index is 424. The molecule has 100 valence electrons. The first kappa shape index (κ1) is 13.7. The van der Waals surface area contributed by atoms with Crippen LogP contribution in [0, 0.1) is 6.92 Å². The summed E-state index contributed by atoms with van der Waals surface area (Å²) in [6.45, 7) is 6.33. The standard InChI is InChI=1S/C14H21ClN2O/c1-10-4-5-12(15)6-14(10)17-11(2)7-16(3)8-13(17)9-18/h4-6,11,13,18H,7-9H2,1-3H3. The number of benzene rings is 1. The number of nitrogens with zero attached hydrogens (tertiary/aromatic N) is 2. The molecular formula is C14H21ClN2O. The predicted octanol–water partition coefficient (Wildman–Crippen LogP) is 2.15. The molecule has 1 fully saturated rings. The highest BCUT2D eigenvalue weighted by Crippen LogP contribution is 2.29. The van der Waals surface area contributed by atoms with E-state index in [9.17, 15) is 5.11 Å². The Labute approximate surface area is 114 Å². The van der Waals surface area contributed by atoms with Crippen LogP contribution in [0.25, 0.3) is 0 Å². The van der Waals surface area contributed by atoms with E-state index >= 15 is 0 Å². The van der Waals surface area contributed by atoms with Gasteiger partial charge in [-0.2, -0.15) is 0 Å². The molecule has 3 nitrogen and oxygen atoms in total. The molecule has 2 rings (SSSR count). The minimum Gasteiger partial charge on any atom is -0.394 e. The minimum absolute atomic E-state index is 0.135. The molecule has 1 aliphatic heterocycles. The van der Waals surface area contributed by atoms with Gasteiger partial charge in [0.25, 0.3) is 0 Å². The second kappa shape index (κ2) is 5.47. The van der Waals surface area contributed by atoms with Crippen molar-refractivity contribution in [3.8, 4) is 0 Å². The van der Waals surface area contributed by atoms with Gasteiger partial charge in [-0.3, -0.25) is 0 Å². The van der Waals surface area contributed by atoms with E-state index in [2.05, 4.69) is 30.7 Å². The van der Waals surface area contributed by atoms with Gasteiger partial charge in [-0.1, -0.05) is 17.7 Å². The minimum atomic E-state index is 0.135. The quantitative estimate of drug-likeness (QED) is 0.890. The van der Waals surface area contributed by atoms with Crippen LogP contribution < -0.4 is 4.90 Å². The number of halogens is 1. The Morgan fingerprint density at radius 1 is 1.39 bits per heavy atom. The van der Waals surface area contributed by atoms with Gasteiger partial charge in [0.15, 0.2) is 0 Å². The summed E-state index contributed by atoms with van der Waals surface area (Å²) in [6, 6.07) is 6.46. The Kier molecular flexibility index (Phi) is 4.15. The van der Waals surface area contributed by atoms with Crippen LogP contribution in [-0.4, -0.2) is 48.8 Å². The molecule has 0 aromatic heterocycles. The number of aryl methyl sites for hydroxylation is 1. The molecule has 1 aromatic carbocycles. The van der Waals surface area contributed by atoms with Crippen LogP contribution in [0.3, 0.4) is 0 Å². The average Bonchev–Trinajstić information content (AvgIpc) is 2.32. The monoisotopic (exact) mass is 268 g/mol. The molecule has 0 spiro atoms. The number of hydrogen-bond donors (Lipinski definition) is 1. The highest BCUT2D eigenvalue weighted by molar-refractivity contribution is 6.30. The van der Waals surface area contributed by atoms with Crippen LogP contribution in [-0.2, 0) is 0 Å². The molecule has 1 aliphatic rings. The van der Waals surface area contributed by atoms with E-state index in [-0.39, 0.29) is 12.6 Å². The molecule has 0 aliphatic carbocycles. The SMILES string of the molecule is Cc1ccc(Cl)cc1N1C(C)CN(C)CC1CO. The zero-order valence-electron chi connectivity index (χ0n) is 11.2. The maximum absolute atomic E-state index is 9.62. The third-order valence-corrected chi connectivity index (χ3v) is 3.86. The molecule has 2 unspecified atom stereocenters. The first-order valence-corrected chi connectivity index (χ1v) is 6.74. The number of aliphatic hydroxyl groups is 1. The number of anilines is 1. The van der Waals surface area contributed by atoms with Gasteiger partial charge >= 0.3 is 0 Å². The van der Waals surface area contributed by atoms with Crippen molar-refractivity contribution in [2.24, 2.45) is 0 Å². The number of rotatable bonds is 2. The van der Waals surface area contributed by atoms with Crippen LogP contribution in [0.4, 0.5) is 5.69 Å². The van der Waals surface area contributed by atoms with Crippen LogP contribution in [0.5, 0.6) is 0 Å². The number of likely N-dealkylation sites (N-methyl/N-ethyl adjacent to an activating group) is 1. The average molecular weight is 269 g/mol. The molecule has 0 saturated carbocycles. The molecule has 4 heteroatoms. The molecule has 1 aromatic rings. The van der Waals surface area contributed by atoms with Gasteiger partial charge in [-0.05, 0) is 38.6 Å². The smallest absolute Gasteiger partial charge is 0.0651 e. The Morgan fingerprint density at radius 3 is 2.78 bits per heavy atom. The van der Waals surface area contributed by atoms with Crippen LogP contribution in [0.15, 0.2) is 18.2 Å². The van der Waals surface area contributed by atoms with E-state index in [1.54, 1.807) is 0 Å². The second-order valence-corrected chi connectivity index (χ2v) is 5.68. The Balaban J connectivity index is 2.36. The normalized spacial score (nSPS) is 25.5. The third kappa shape index (κ3) is 2.63. The van der Waals surface area contributed by atoms with Crippen molar-refractivity contribution in [1.82, 2.24) is 4.90 Å². The Morgan fingerprint density at radius 2 is 2.11 bits per heavy atom. The summed E-state index contributed by atoms with van der Waals surface area (Å²) in [5.41, 5.74) is 2.34. The van der Waals surface area contributed by atoms with Gasteiger partial charge in [0.1, 0.15) is 0 Å². The summed E-state index contributed by atoms with van der Waals surface area (Å²) in [7, 11) is 2.10. The van der Waals surface area contributed by atoms with Gasteiger partial charge < -0.3 is 14.9 Å². The van der Waals surface area contributed by atoms with E-state index in [0.717, 1.165) is 23.8 Å². The fraction of sp³-hybridized carbons (Fsp3) is 0.571. The summed E-state index contributed by atoms with van der Waals surface area (Å²) in [5, 5.41) is 10.4. The number of aliphatic hydroxyl groups excluding tert-OH is 1. The lowest BCUT2D eigenvalue weighted by atomic mass is 10.0. The molecule has 2 atom stereocenters. The molecule has 1 heterocycles. The maximum atomic E-state index is 9.62. The molecule has 18 heavy (non-hydrogen) atoms. The first-order valence-electron chi connectivity index (χ1n) is 6.37. The summed E-state index contributed by atoms with van der Waals surface area (Å²) in [6.07, 6.45) is 0. The largest absolute Gasteiger partial charge is 0.394 e. The summed E-state index contributed by atoms with van der Waals surface area (Å²) >= 11 is 6.10. The van der Waals surface area contributed by atoms with Crippen LogP contribution in [0.2, 0.25) is 5.02 Å². The number of hydrogen-bond acceptors (Lipinski definition) is 3. The Hall–Kier alpha value is -0.770. The van der Waals surface area contributed by atoms with E-state index < -0.39 is 0 Å². The van der Waals surface area contributed by atoms with E-state index in [1.807, 2.05) is 18.2 Å². The first-order chi connectivity index (χ1) is 8.52. The van der Waals surface area contributed by atoms with Gasteiger partial charge in [0, 0.05) is 29.8 Å². The predicted molar refractivity (Wildman–Crippen MR) is 76.5 cm³/mol. The molecule has 1 N–H and O–H groups in total. The fourth-order valence-corrected chi connectivity index (χ4v) is 3.03. The molecule has 1 saturated heterocycles. The third-order valence-electron chi connectivity index (χ3n) is 3.63. The lowest BCUT2D eigenvalue weighted by molar-refractivity contribution is 0.171. The van der Waals surface area contributed by atoms with Crippen molar-refractivity contribution in [2.45, 2.75) is 25.9 Å². The summed E-state index contributed by atoms with van der Waals surface area (Å²) in [5.74, 6) is 0. The van der Waals surface area contributed by atoms with Crippen molar-refractivity contribution in [3.63, 3.8) is 0 Å². The van der Waals surface area contributed by atoms with Gasteiger partial charge in [-0.15, -0.1) is 0 Å². The van der Waals surface area contributed by atoms with Crippen molar-refractivity contribution in [3.05, 3.63) is 28.8 Å². The van der Waals surface area contributed by atoms with E-state index in [0.29, 0.717) is 6.04 Å². The molecule has 0 amide bonds. The molecule has 0 bridgehead atoms. The van der Waals surface area contributed by atoms with Gasteiger partial charge in [0.2, 0.25) is 0 Å². The van der Waals surface area contributed by atoms with E-state index in [1.165, 1.54) is 5.56 Å². The maximum Gasteiger partial charge on any atom is 0.0651 e. The second-order valence-electron chi connectivity index (χ2n) is 5.24. The van der Waals surface area contributed by atoms with Crippen molar-refractivity contribution < 1.29 is 5.11 Å². The summed E-state index contributed by atoms with van der Waals surface area (Å²) in [4.78, 5) is 4.57. The highest BCUT2D eigenvalue weighted by atomic mass is 35.5. The van der Waals surface area contributed by atoms with E-state index in [4.69, 9.17) is 11.6 Å². The van der Waals surface area contributed by atoms with Gasteiger partial charge in [-0.25, -0.2) is 0 Å². The lowest BCUT2D eigenvalue weighted by Crippen LogP contribution is -2.58. The zero-order valence-corrected chi connectivity index (χ0v) is 12.0. The number of piperazine rings is 1. The topological polar surface area (TPSA) is 26.7 Å². The van der Waals surface area contributed by atoms with Crippen molar-refractivity contribution in [2.75, 3.05) is 31.6 Å². The summed E-state index contributed by atoms with van der Waals surface area (Å²) < 4.78 is 0. The van der Waals surface area contributed by atoms with Crippen molar-refractivity contribution >= 4 is 17.3 Å². The van der Waals surface area contributed by atoms with Gasteiger partial charge in [0.05, 0.1) is 12.6 Å². The molecule has 0 radical (unpaired) electrons. The fourth-order valence-electron chi connectivity index (χ4n) is 2.86. The van der Waals surface area contributed by atoms with Crippen LogP contribution >= 0.6 is 11.6 Å².